The fourth-order valence-corrected chi connectivity index (χ4v) is 4.59. The highest BCUT2D eigenvalue weighted by molar-refractivity contribution is 7.12. The van der Waals surface area contributed by atoms with Gasteiger partial charge in [-0.3, -0.25) is 14.3 Å². The molecule has 1 atom stereocenters. The monoisotopic (exact) mass is 412 g/mol. The minimum Gasteiger partial charge on any atom is -0.324 e. The summed E-state index contributed by atoms with van der Waals surface area (Å²) in [6.07, 6.45) is 7.40. The Morgan fingerprint density at radius 1 is 1.28 bits per heavy atom. The van der Waals surface area contributed by atoms with Crippen molar-refractivity contribution in [1.82, 2.24) is 14.5 Å². The molecule has 0 spiro atoms. The van der Waals surface area contributed by atoms with E-state index < -0.39 is 5.82 Å². The van der Waals surface area contributed by atoms with Gasteiger partial charge < -0.3 is 5.32 Å². The number of thiazole rings is 1. The van der Waals surface area contributed by atoms with E-state index in [4.69, 9.17) is 0 Å². The van der Waals surface area contributed by atoms with Crippen molar-refractivity contribution in [2.24, 2.45) is 5.92 Å². The quantitative estimate of drug-likeness (QED) is 0.612. The zero-order chi connectivity index (χ0) is 20.1. The van der Waals surface area contributed by atoms with Gasteiger partial charge in [0.1, 0.15) is 5.82 Å². The third-order valence-electron chi connectivity index (χ3n) is 5.37. The number of benzene rings is 1. The van der Waals surface area contributed by atoms with Crippen molar-refractivity contribution in [3.63, 3.8) is 0 Å². The van der Waals surface area contributed by atoms with Crippen molar-refractivity contribution in [3.8, 4) is 5.13 Å². The van der Waals surface area contributed by atoms with Gasteiger partial charge in [0, 0.05) is 43.0 Å². The number of piperidine rings is 1. The highest BCUT2D eigenvalue weighted by Crippen LogP contribution is 2.24. The van der Waals surface area contributed by atoms with Gasteiger partial charge in [0.2, 0.25) is 5.91 Å². The molecule has 5 nitrogen and oxygen atoms in total. The van der Waals surface area contributed by atoms with Crippen LogP contribution < -0.4 is 5.32 Å². The van der Waals surface area contributed by atoms with Crippen molar-refractivity contribution in [2.45, 2.75) is 32.2 Å². The van der Waals surface area contributed by atoms with E-state index in [0.717, 1.165) is 44.0 Å². The molecule has 1 fully saturated rings. The number of carbonyl (C=O) groups is 1. The van der Waals surface area contributed by atoms with E-state index in [1.807, 2.05) is 11.6 Å². The summed E-state index contributed by atoms with van der Waals surface area (Å²) in [5, 5.41) is 5.66. The maximum absolute atomic E-state index is 13.7. The minimum absolute atomic E-state index is 0.120. The van der Waals surface area contributed by atoms with Crippen LogP contribution in [-0.4, -0.2) is 33.4 Å². The molecule has 1 aliphatic rings. The third kappa shape index (κ3) is 5.10. The van der Waals surface area contributed by atoms with Gasteiger partial charge in [-0.15, -0.1) is 11.3 Å². The van der Waals surface area contributed by atoms with E-state index in [9.17, 15) is 9.18 Å². The molecule has 1 unspecified atom stereocenters. The van der Waals surface area contributed by atoms with Gasteiger partial charge in [-0.05, 0) is 56.0 Å². The normalized spacial score (nSPS) is 17.3. The average molecular weight is 413 g/mol. The molecule has 1 N–H and O–H groups in total. The van der Waals surface area contributed by atoms with E-state index in [2.05, 4.69) is 38.1 Å². The summed E-state index contributed by atoms with van der Waals surface area (Å²) in [5.74, 6) is -0.0313. The molecule has 1 saturated heterocycles. The van der Waals surface area contributed by atoms with E-state index in [0.29, 0.717) is 12.3 Å². The van der Waals surface area contributed by atoms with Gasteiger partial charge in [0.15, 0.2) is 5.13 Å². The number of carbonyl (C=O) groups excluding carboxylic acids is 1. The molecule has 3 aromatic rings. The lowest BCUT2D eigenvalue weighted by molar-refractivity contribution is -0.116. The summed E-state index contributed by atoms with van der Waals surface area (Å²) in [7, 11) is 0. The van der Waals surface area contributed by atoms with Crippen LogP contribution in [-0.2, 0) is 11.3 Å². The molecule has 29 heavy (non-hydrogen) atoms. The highest BCUT2D eigenvalue weighted by Gasteiger charge is 2.22. The Labute approximate surface area is 174 Å². The summed E-state index contributed by atoms with van der Waals surface area (Å²) >= 11 is 1.63. The largest absolute Gasteiger partial charge is 0.324 e. The predicted octanol–water partition coefficient (Wildman–Crippen LogP) is 4.70. The van der Waals surface area contributed by atoms with Crippen LogP contribution in [0, 0.1) is 11.7 Å². The predicted molar refractivity (Wildman–Crippen MR) is 114 cm³/mol. The van der Waals surface area contributed by atoms with Crippen molar-refractivity contribution < 1.29 is 9.18 Å². The molecule has 1 aliphatic heterocycles. The van der Waals surface area contributed by atoms with Gasteiger partial charge in [0.05, 0.1) is 5.69 Å². The van der Waals surface area contributed by atoms with Crippen LogP contribution in [0.3, 0.4) is 0 Å². The number of aromatic nitrogens is 2. The number of hydrogen-bond donors (Lipinski definition) is 1. The van der Waals surface area contributed by atoms with E-state index in [1.54, 1.807) is 29.5 Å². The number of para-hydroxylation sites is 1. The number of nitrogens with one attached hydrogen (secondary N) is 1. The molecule has 152 valence electrons. The number of halogens is 1. The maximum atomic E-state index is 13.7. The lowest BCUT2D eigenvalue weighted by Gasteiger charge is -2.32. The molecule has 7 heteroatoms. The van der Waals surface area contributed by atoms with Crippen LogP contribution in [0.4, 0.5) is 10.1 Å². The molecule has 3 heterocycles. The molecule has 0 radical (unpaired) electrons. The van der Waals surface area contributed by atoms with Crippen molar-refractivity contribution in [1.29, 1.82) is 0 Å². The molecule has 2 aromatic heterocycles. The Hall–Kier alpha value is -2.51. The number of amides is 1. The topological polar surface area (TPSA) is 50.2 Å². The molecule has 1 aromatic carbocycles. The lowest BCUT2D eigenvalue weighted by atomic mass is 9.93. The second kappa shape index (κ2) is 9.33. The van der Waals surface area contributed by atoms with Crippen LogP contribution in [0.25, 0.3) is 5.13 Å². The van der Waals surface area contributed by atoms with Crippen LogP contribution in [0.5, 0.6) is 0 Å². The summed E-state index contributed by atoms with van der Waals surface area (Å²) in [4.78, 5) is 19.1. The Kier molecular flexibility index (Phi) is 6.36. The van der Waals surface area contributed by atoms with Crippen LogP contribution >= 0.6 is 11.3 Å². The standard InChI is InChI=1S/C22H25FN4OS/c23-19-7-1-2-8-20(19)25-21(28)10-9-17-5-3-12-26(15-17)16-18-6-4-13-27(18)22-24-11-14-29-22/h1-2,4,6-8,11,13-14,17H,3,5,9-10,12,15-16H2,(H,25,28). The van der Waals surface area contributed by atoms with Gasteiger partial charge in [0.25, 0.3) is 0 Å². The van der Waals surface area contributed by atoms with E-state index in [-0.39, 0.29) is 11.6 Å². The second-order valence-corrected chi connectivity index (χ2v) is 8.37. The number of anilines is 1. The first kappa shape index (κ1) is 19.8. The maximum Gasteiger partial charge on any atom is 0.224 e. The SMILES string of the molecule is O=C(CCC1CCCN(Cc2cccn2-c2nccs2)C1)Nc1ccccc1F. The first-order valence-electron chi connectivity index (χ1n) is 10.0. The van der Waals surface area contributed by atoms with Crippen molar-refractivity contribution in [3.05, 3.63) is 65.7 Å². The van der Waals surface area contributed by atoms with Crippen molar-refractivity contribution >= 4 is 22.9 Å². The average Bonchev–Trinajstić information content (AvgIpc) is 3.40. The van der Waals surface area contributed by atoms with E-state index in [1.165, 1.54) is 11.8 Å². The lowest BCUT2D eigenvalue weighted by Crippen LogP contribution is -2.35. The summed E-state index contributed by atoms with van der Waals surface area (Å²) in [6.45, 7) is 2.93. The minimum atomic E-state index is -0.395. The van der Waals surface area contributed by atoms with Crippen LogP contribution in [0.1, 0.15) is 31.4 Å². The molecule has 4 rings (SSSR count). The summed E-state index contributed by atoms with van der Waals surface area (Å²) in [5.41, 5.74) is 1.49. The fraction of sp³-hybridized carbons (Fsp3) is 0.364. The summed E-state index contributed by atoms with van der Waals surface area (Å²) < 4.78 is 15.8. The molecule has 0 saturated carbocycles. The second-order valence-electron chi connectivity index (χ2n) is 7.49. The molecule has 1 amide bonds. The van der Waals surface area contributed by atoms with Crippen molar-refractivity contribution in [2.75, 3.05) is 18.4 Å². The number of likely N-dealkylation sites (tertiary alicyclic amines) is 1. The Morgan fingerprint density at radius 3 is 3.00 bits per heavy atom. The Balaban J connectivity index is 1.28. The first-order chi connectivity index (χ1) is 14.2. The van der Waals surface area contributed by atoms with Gasteiger partial charge in [-0.25, -0.2) is 9.37 Å². The van der Waals surface area contributed by atoms with Crippen LogP contribution in [0.15, 0.2) is 54.2 Å². The first-order valence-corrected chi connectivity index (χ1v) is 10.9. The Bertz CT molecular complexity index is 940. The summed E-state index contributed by atoms with van der Waals surface area (Å²) in [6, 6.07) is 10.5. The molecule has 0 bridgehead atoms. The van der Waals surface area contributed by atoms with Crippen LogP contribution in [0.2, 0.25) is 0 Å². The Morgan fingerprint density at radius 2 is 2.17 bits per heavy atom. The number of hydrogen-bond acceptors (Lipinski definition) is 4. The zero-order valence-electron chi connectivity index (χ0n) is 16.3. The zero-order valence-corrected chi connectivity index (χ0v) is 17.1. The molecular weight excluding hydrogens is 387 g/mol. The number of nitrogens with zero attached hydrogens (tertiary/aromatic N) is 3. The van der Waals surface area contributed by atoms with Gasteiger partial charge >= 0.3 is 0 Å². The van der Waals surface area contributed by atoms with E-state index >= 15 is 0 Å². The fourth-order valence-electron chi connectivity index (χ4n) is 3.94. The smallest absolute Gasteiger partial charge is 0.224 e. The van der Waals surface area contributed by atoms with Gasteiger partial charge in [-0.2, -0.15) is 0 Å². The highest BCUT2D eigenvalue weighted by atomic mass is 32.1. The number of rotatable bonds is 7. The van der Waals surface area contributed by atoms with Gasteiger partial charge in [-0.1, -0.05) is 12.1 Å². The molecular formula is C22H25FN4OS. The third-order valence-corrected chi connectivity index (χ3v) is 6.15. The molecule has 0 aliphatic carbocycles.